The van der Waals surface area contributed by atoms with Gasteiger partial charge in [0.05, 0.1) is 12.6 Å². The molecule has 0 aromatic carbocycles. The van der Waals surface area contributed by atoms with E-state index in [1.165, 1.54) is 4.90 Å². The highest BCUT2D eigenvalue weighted by Gasteiger charge is 2.25. The van der Waals surface area contributed by atoms with E-state index in [2.05, 4.69) is 5.32 Å². The molecule has 3 N–H and O–H groups in total. The first-order chi connectivity index (χ1) is 8.04. The van der Waals surface area contributed by atoms with Crippen LogP contribution < -0.4 is 11.1 Å². The van der Waals surface area contributed by atoms with Crippen LogP contribution >= 0.6 is 11.8 Å². The van der Waals surface area contributed by atoms with Crippen molar-refractivity contribution < 1.29 is 9.59 Å². The molecule has 2 amide bonds. The summed E-state index contributed by atoms with van der Waals surface area (Å²) in [6.45, 7) is 0.0995. The van der Waals surface area contributed by atoms with Gasteiger partial charge in [0.2, 0.25) is 11.8 Å². The molecule has 1 saturated carbocycles. The molecule has 1 aliphatic carbocycles. The molecule has 6 heteroatoms. The Morgan fingerprint density at radius 3 is 2.71 bits per heavy atom. The Bertz CT molecular complexity index is 282. The van der Waals surface area contributed by atoms with Crippen LogP contribution in [-0.2, 0) is 9.59 Å². The van der Waals surface area contributed by atoms with Crippen LogP contribution in [0.2, 0.25) is 0 Å². The van der Waals surface area contributed by atoms with Gasteiger partial charge in [0.25, 0.3) is 0 Å². The summed E-state index contributed by atoms with van der Waals surface area (Å²) in [5, 5.41) is 2.84. The summed E-state index contributed by atoms with van der Waals surface area (Å²) in [6.07, 6.45) is 4.73. The van der Waals surface area contributed by atoms with Gasteiger partial charge in [-0.05, 0) is 31.3 Å². The van der Waals surface area contributed by atoms with Crippen molar-refractivity contribution in [2.75, 3.05) is 25.6 Å². The van der Waals surface area contributed by atoms with Crippen LogP contribution in [0.15, 0.2) is 0 Å². The second-order valence-corrected chi connectivity index (χ2v) is 5.41. The Morgan fingerprint density at radius 2 is 2.18 bits per heavy atom. The van der Waals surface area contributed by atoms with E-state index >= 15 is 0 Å². The van der Waals surface area contributed by atoms with Crippen LogP contribution in [0.1, 0.15) is 19.3 Å². The Labute approximate surface area is 106 Å². The van der Waals surface area contributed by atoms with Crippen LogP contribution in [0.4, 0.5) is 0 Å². The van der Waals surface area contributed by atoms with E-state index in [0.29, 0.717) is 12.5 Å². The standard InChI is InChI=1S/C11H21N3O2S/c1-14(7-10(15)13-8-3-4-8)11(16)9(12)5-6-17-2/h8-9H,3-7,12H2,1-2H3,(H,13,15)/t9-/m1/s1. The first kappa shape index (κ1) is 14.3. The zero-order valence-electron chi connectivity index (χ0n) is 10.4. The van der Waals surface area contributed by atoms with Gasteiger partial charge in [-0.1, -0.05) is 0 Å². The van der Waals surface area contributed by atoms with Crippen LogP contribution in [0, 0.1) is 0 Å². The van der Waals surface area contributed by atoms with Gasteiger partial charge in [-0.25, -0.2) is 0 Å². The first-order valence-corrected chi connectivity index (χ1v) is 7.23. The van der Waals surface area contributed by atoms with Crippen LogP contribution in [-0.4, -0.2) is 54.4 Å². The molecule has 0 spiro atoms. The predicted octanol–water partition coefficient (Wildman–Crippen LogP) is -0.196. The summed E-state index contributed by atoms with van der Waals surface area (Å²) in [5.74, 6) is 0.597. The van der Waals surface area contributed by atoms with Gasteiger partial charge < -0.3 is 16.0 Å². The van der Waals surface area contributed by atoms with Crippen molar-refractivity contribution in [1.82, 2.24) is 10.2 Å². The number of carbonyl (C=O) groups is 2. The molecule has 0 aromatic heterocycles. The molecule has 98 valence electrons. The Kier molecular flexibility index (Phi) is 5.77. The molecule has 0 aromatic rings. The lowest BCUT2D eigenvalue weighted by atomic mass is 10.2. The summed E-state index contributed by atoms with van der Waals surface area (Å²) in [6, 6.07) is -0.169. The number of carbonyl (C=O) groups excluding carboxylic acids is 2. The summed E-state index contributed by atoms with van der Waals surface area (Å²) in [7, 11) is 1.62. The zero-order valence-corrected chi connectivity index (χ0v) is 11.3. The van der Waals surface area contributed by atoms with Crippen molar-refractivity contribution in [3.63, 3.8) is 0 Å². The SMILES string of the molecule is CSCC[C@@H](N)C(=O)N(C)CC(=O)NC1CC1. The number of hydrogen-bond donors (Lipinski definition) is 2. The van der Waals surface area contributed by atoms with Gasteiger partial charge in [-0.15, -0.1) is 0 Å². The molecule has 0 unspecified atom stereocenters. The van der Waals surface area contributed by atoms with E-state index in [9.17, 15) is 9.59 Å². The van der Waals surface area contributed by atoms with Crippen molar-refractivity contribution in [3.8, 4) is 0 Å². The van der Waals surface area contributed by atoms with Gasteiger partial charge >= 0.3 is 0 Å². The van der Waals surface area contributed by atoms with Crippen molar-refractivity contribution in [1.29, 1.82) is 0 Å². The van der Waals surface area contributed by atoms with E-state index in [1.54, 1.807) is 18.8 Å². The van der Waals surface area contributed by atoms with E-state index in [0.717, 1.165) is 18.6 Å². The normalized spacial score (nSPS) is 16.4. The summed E-state index contributed by atoms with van der Waals surface area (Å²) in [5.41, 5.74) is 5.76. The van der Waals surface area contributed by atoms with Crippen molar-refractivity contribution in [2.45, 2.75) is 31.3 Å². The summed E-state index contributed by atoms with van der Waals surface area (Å²) in [4.78, 5) is 24.7. The van der Waals surface area contributed by atoms with Crippen molar-refractivity contribution in [2.24, 2.45) is 5.73 Å². The molecule has 5 nitrogen and oxygen atoms in total. The molecule has 17 heavy (non-hydrogen) atoms. The molecular weight excluding hydrogens is 238 g/mol. The molecule has 1 atom stereocenters. The lowest BCUT2D eigenvalue weighted by Crippen LogP contribution is -2.46. The van der Waals surface area contributed by atoms with Gasteiger partial charge in [0.15, 0.2) is 0 Å². The number of hydrogen-bond acceptors (Lipinski definition) is 4. The van der Waals surface area contributed by atoms with Crippen LogP contribution in [0.5, 0.6) is 0 Å². The number of thioether (sulfide) groups is 1. The molecule has 0 aliphatic heterocycles. The number of amides is 2. The van der Waals surface area contributed by atoms with Crippen LogP contribution in [0.25, 0.3) is 0 Å². The third-order valence-corrected chi connectivity index (χ3v) is 3.29. The van der Waals surface area contributed by atoms with Gasteiger partial charge in [0, 0.05) is 13.1 Å². The maximum Gasteiger partial charge on any atom is 0.239 e. The van der Waals surface area contributed by atoms with Gasteiger partial charge in [0.1, 0.15) is 0 Å². The lowest BCUT2D eigenvalue weighted by molar-refractivity contribution is -0.135. The highest BCUT2D eigenvalue weighted by atomic mass is 32.2. The Balaban J connectivity index is 2.26. The van der Waals surface area contributed by atoms with E-state index < -0.39 is 6.04 Å². The molecule has 1 rings (SSSR count). The number of nitrogens with two attached hydrogens (primary N) is 1. The fraction of sp³-hybridized carbons (Fsp3) is 0.818. The molecule has 0 bridgehead atoms. The van der Waals surface area contributed by atoms with E-state index in [4.69, 9.17) is 5.73 Å². The molecule has 0 saturated heterocycles. The molecule has 1 aliphatic rings. The minimum atomic E-state index is -0.499. The molecule has 1 fully saturated rings. The predicted molar refractivity (Wildman–Crippen MR) is 69.8 cm³/mol. The Morgan fingerprint density at radius 1 is 1.53 bits per heavy atom. The van der Waals surface area contributed by atoms with Gasteiger partial charge in [-0.3, -0.25) is 9.59 Å². The molecular formula is C11H21N3O2S. The maximum atomic E-state index is 11.8. The second-order valence-electron chi connectivity index (χ2n) is 4.42. The number of likely N-dealkylation sites (N-methyl/N-ethyl adjacent to an activating group) is 1. The molecule has 0 radical (unpaired) electrons. The van der Waals surface area contributed by atoms with E-state index in [-0.39, 0.29) is 18.4 Å². The van der Waals surface area contributed by atoms with Crippen LogP contribution in [0.3, 0.4) is 0 Å². The number of nitrogens with zero attached hydrogens (tertiary/aromatic N) is 1. The highest BCUT2D eigenvalue weighted by Crippen LogP contribution is 2.18. The largest absolute Gasteiger partial charge is 0.352 e. The van der Waals surface area contributed by atoms with Crippen molar-refractivity contribution >= 4 is 23.6 Å². The smallest absolute Gasteiger partial charge is 0.239 e. The molecule has 0 heterocycles. The third kappa shape index (κ3) is 5.41. The fourth-order valence-electron chi connectivity index (χ4n) is 1.45. The fourth-order valence-corrected chi connectivity index (χ4v) is 1.94. The zero-order chi connectivity index (χ0) is 12.8. The van der Waals surface area contributed by atoms with Gasteiger partial charge in [-0.2, -0.15) is 11.8 Å². The average molecular weight is 259 g/mol. The maximum absolute atomic E-state index is 11.8. The monoisotopic (exact) mass is 259 g/mol. The quantitative estimate of drug-likeness (QED) is 0.664. The Hall–Kier alpha value is -0.750. The second kappa shape index (κ2) is 6.86. The minimum Gasteiger partial charge on any atom is -0.352 e. The topological polar surface area (TPSA) is 75.4 Å². The van der Waals surface area contributed by atoms with E-state index in [1.807, 2.05) is 6.26 Å². The highest BCUT2D eigenvalue weighted by molar-refractivity contribution is 7.98. The summed E-state index contributed by atoms with van der Waals surface area (Å²) < 4.78 is 0. The summed E-state index contributed by atoms with van der Waals surface area (Å²) >= 11 is 1.66. The third-order valence-electron chi connectivity index (χ3n) is 2.65. The number of nitrogens with one attached hydrogen (secondary N) is 1. The first-order valence-electron chi connectivity index (χ1n) is 5.83. The average Bonchev–Trinajstić information content (AvgIpc) is 3.08. The number of rotatable bonds is 7. The minimum absolute atomic E-state index is 0.0968. The van der Waals surface area contributed by atoms with Crippen molar-refractivity contribution in [3.05, 3.63) is 0 Å². The lowest BCUT2D eigenvalue weighted by Gasteiger charge is -2.20.